The number of rotatable bonds is 4. The van der Waals surface area contributed by atoms with Gasteiger partial charge in [0.15, 0.2) is 0 Å². The largest absolute Gasteiger partial charge is 0.496 e. The van der Waals surface area contributed by atoms with E-state index in [1.165, 1.54) is 8.61 Å². The van der Waals surface area contributed by atoms with Crippen LogP contribution in [0.4, 0.5) is 0 Å². The third-order valence-electron chi connectivity index (χ3n) is 3.90. The van der Waals surface area contributed by atoms with Gasteiger partial charge in [-0.05, 0) is 13.1 Å². The van der Waals surface area contributed by atoms with Crippen molar-refractivity contribution in [2.75, 3.05) is 47.9 Å². The lowest BCUT2D eigenvalue weighted by Gasteiger charge is -2.40. The van der Waals surface area contributed by atoms with Crippen LogP contribution in [0.25, 0.3) is 0 Å². The summed E-state index contributed by atoms with van der Waals surface area (Å²) >= 11 is 0. The molecule has 118 valence electrons. The minimum absolute atomic E-state index is 0.00961. The fourth-order valence-corrected chi connectivity index (χ4v) is 3.67. The Bertz CT molecular complexity index is 589. The minimum Gasteiger partial charge on any atom is -0.496 e. The van der Waals surface area contributed by atoms with E-state index in [9.17, 15) is 8.42 Å². The Morgan fingerprint density at radius 3 is 2.52 bits per heavy atom. The molecule has 2 rings (SSSR count). The minimum atomic E-state index is -3.38. The Hall–Kier alpha value is -1.15. The lowest BCUT2D eigenvalue weighted by Crippen LogP contribution is -2.51. The molecule has 1 aromatic rings. The molecule has 1 aliphatic heterocycles. The van der Waals surface area contributed by atoms with Gasteiger partial charge < -0.3 is 4.74 Å². The van der Waals surface area contributed by atoms with E-state index in [2.05, 4.69) is 4.90 Å². The van der Waals surface area contributed by atoms with Gasteiger partial charge in [-0.3, -0.25) is 4.90 Å². The SMILES string of the molecule is COc1ccccc1[C@@H]1CN(S(=O)(=O)N(C)C)CCN1C. The van der Waals surface area contributed by atoms with E-state index in [1.807, 2.05) is 31.3 Å². The molecule has 0 N–H and O–H groups in total. The van der Waals surface area contributed by atoms with Gasteiger partial charge in [0.25, 0.3) is 10.2 Å². The lowest BCUT2D eigenvalue weighted by molar-refractivity contribution is 0.142. The summed E-state index contributed by atoms with van der Waals surface area (Å²) in [6.07, 6.45) is 0. The topological polar surface area (TPSA) is 53.1 Å². The van der Waals surface area contributed by atoms with Crippen molar-refractivity contribution in [3.8, 4) is 5.75 Å². The molecule has 1 aromatic carbocycles. The van der Waals surface area contributed by atoms with Crippen LogP contribution in [0, 0.1) is 0 Å². The molecule has 6 nitrogen and oxygen atoms in total. The molecule has 1 atom stereocenters. The number of para-hydroxylation sites is 1. The third-order valence-corrected chi connectivity index (χ3v) is 5.80. The number of nitrogens with zero attached hydrogens (tertiary/aromatic N) is 3. The summed E-state index contributed by atoms with van der Waals surface area (Å²) in [5.41, 5.74) is 1.01. The summed E-state index contributed by atoms with van der Waals surface area (Å²) in [5, 5.41) is 0. The number of hydrogen-bond donors (Lipinski definition) is 0. The summed E-state index contributed by atoms with van der Waals surface area (Å²) in [6, 6.07) is 7.75. The maximum Gasteiger partial charge on any atom is 0.281 e. The summed E-state index contributed by atoms with van der Waals surface area (Å²) in [6.45, 7) is 1.62. The van der Waals surface area contributed by atoms with Crippen molar-refractivity contribution in [3.05, 3.63) is 29.8 Å². The van der Waals surface area contributed by atoms with Gasteiger partial charge in [0.2, 0.25) is 0 Å². The number of ether oxygens (including phenoxy) is 1. The second-order valence-corrected chi connectivity index (χ2v) is 7.53. The van der Waals surface area contributed by atoms with Gasteiger partial charge in [-0.25, -0.2) is 0 Å². The van der Waals surface area contributed by atoms with Crippen LogP contribution in [-0.4, -0.2) is 69.8 Å². The molecule has 1 heterocycles. The number of benzene rings is 1. The molecule has 0 saturated carbocycles. The first-order valence-corrected chi connectivity index (χ1v) is 8.28. The van der Waals surface area contributed by atoms with Gasteiger partial charge in [-0.1, -0.05) is 18.2 Å². The number of methoxy groups -OCH3 is 1. The number of likely N-dealkylation sites (N-methyl/N-ethyl adjacent to an activating group) is 1. The Kier molecular flexibility index (Phi) is 4.88. The van der Waals surface area contributed by atoms with Crippen LogP contribution in [0.1, 0.15) is 11.6 Å². The highest BCUT2D eigenvalue weighted by Crippen LogP contribution is 2.32. The average molecular weight is 313 g/mol. The summed E-state index contributed by atoms with van der Waals surface area (Å²) in [5.74, 6) is 0.790. The van der Waals surface area contributed by atoms with Crippen LogP contribution in [0.15, 0.2) is 24.3 Å². The van der Waals surface area contributed by atoms with Gasteiger partial charge >= 0.3 is 0 Å². The molecule has 0 radical (unpaired) electrons. The second-order valence-electron chi connectivity index (χ2n) is 5.39. The molecule has 21 heavy (non-hydrogen) atoms. The highest BCUT2D eigenvalue weighted by atomic mass is 32.2. The first-order valence-electron chi connectivity index (χ1n) is 6.88. The third kappa shape index (κ3) is 3.21. The molecule has 7 heteroatoms. The van der Waals surface area contributed by atoms with Crippen LogP contribution >= 0.6 is 0 Å². The maximum absolute atomic E-state index is 12.3. The van der Waals surface area contributed by atoms with Gasteiger partial charge in [0, 0.05) is 39.3 Å². The van der Waals surface area contributed by atoms with Gasteiger partial charge in [0.05, 0.1) is 13.2 Å². The normalized spacial score (nSPS) is 21.7. The van der Waals surface area contributed by atoms with E-state index in [4.69, 9.17) is 4.74 Å². The van der Waals surface area contributed by atoms with E-state index < -0.39 is 10.2 Å². The van der Waals surface area contributed by atoms with Crippen LogP contribution < -0.4 is 4.74 Å². The van der Waals surface area contributed by atoms with Gasteiger partial charge in [-0.2, -0.15) is 17.0 Å². The Morgan fingerprint density at radius 1 is 1.24 bits per heavy atom. The quantitative estimate of drug-likeness (QED) is 0.825. The van der Waals surface area contributed by atoms with Gasteiger partial charge in [-0.15, -0.1) is 0 Å². The van der Waals surface area contributed by atoms with Gasteiger partial charge in [0.1, 0.15) is 5.75 Å². The predicted octanol–water partition coefficient (Wildman–Crippen LogP) is 0.790. The monoisotopic (exact) mass is 313 g/mol. The highest BCUT2D eigenvalue weighted by molar-refractivity contribution is 7.86. The van der Waals surface area contributed by atoms with E-state index in [1.54, 1.807) is 21.2 Å². The van der Waals surface area contributed by atoms with Crippen molar-refractivity contribution >= 4 is 10.2 Å². The first-order chi connectivity index (χ1) is 9.87. The van der Waals surface area contributed by atoms with Crippen molar-refractivity contribution in [1.29, 1.82) is 0 Å². The standard InChI is InChI=1S/C14H23N3O3S/c1-15(2)21(18,19)17-10-9-16(3)13(11-17)12-7-5-6-8-14(12)20-4/h5-8,13H,9-11H2,1-4H3/t13-/m0/s1. The smallest absolute Gasteiger partial charge is 0.281 e. The first kappa shape index (κ1) is 16.2. The zero-order valence-corrected chi connectivity index (χ0v) is 13.8. The average Bonchev–Trinajstić information content (AvgIpc) is 2.47. The maximum atomic E-state index is 12.3. The van der Waals surface area contributed by atoms with Crippen molar-refractivity contribution in [2.45, 2.75) is 6.04 Å². The Labute approximate surface area is 127 Å². The van der Waals surface area contributed by atoms with E-state index in [0.717, 1.165) is 11.3 Å². The number of piperazine rings is 1. The molecule has 1 saturated heterocycles. The van der Waals surface area contributed by atoms with E-state index in [-0.39, 0.29) is 6.04 Å². The predicted molar refractivity (Wildman–Crippen MR) is 82.5 cm³/mol. The summed E-state index contributed by atoms with van der Waals surface area (Å²) < 4.78 is 32.9. The lowest BCUT2D eigenvalue weighted by atomic mass is 10.0. The fourth-order valence-electron chi connectivity index (χ4n) is 2.57. The van der Waals surface area contributed by atoms with Crippen molar-refractivity contribution in [1.82, 2.24) is 13.5 Å². The molecule has 1 aliphatic rings. The fraction of sp³-hybridized carbons (Fsp3) is 0.571. The molecule has 0 unspecified atom stereocenters. The Morgan fingerprint density at radius 2 is 1.90 bits per heavy atom. The van der Waals surface area contributed by atoms with Crippen LogP contribution in [0.3, 0.4) is 0 Å². The molecule has 0 bridgehead atoms. The Balaban J connectivity index is 2.31. The molecule has 0 aromatic heterocycles. The van der Waals surface area contributed by atoms with E-state index >= 15 is 0 Å². The zero-order valence-electron chi connectivity index (χ0n) is 13.0. The summed E-state index contributed by atoms with van der Waals surface area (Å²) in [7, 11) is 3.38. The molecular formula is C14H23N3O3S. The number of hydrogen-bond acceptors (Lipinski definition) is 4. The second kappa shape index (κ2) is 6.31. The summed E-state index contributed by atoms with van der Waals surface area (Å²) in [4.78, 5) is 2.17. The van der Waals surface area contributed by atoms with Crippen LogP contribution in [0.2, 0.25) is 0 Å². The van der Waals surface area contributed by atoms with Crippen molar-refractivity contribution in [3.63, 3.8) is 0 Å². The zero-order chi connectivity index (χ0) is 15.6. The van der Waals surface area contributed by atoms with Crippen molar-refractivity contribution in [2.24, 2.45) is 0 Å². The molecule has 0 amide bonds. The van der Waals surface area contributed by atoms with E-state index in [0.29, 0.717) is 19.6 Å². The van der Waals surface area contributed by atoms with Crippen LogP contribution in [-0.2, 0) is 10.2 Å². The van der Waals surface area contributed by atoms with Crippen LogP contribution in [0.5, 0.6) is 5.75 Å². The van der Waals surface area contributed by atoms with Crippen molar-refractivity contribution < 1.29 is 13.2 Å². The molecule has 0 spiro atoms. The molecule has 1 fully saturated rings. The highest BCUT2D eigenvalue weighted by Gasteiger charge is 2.34. The molecular weight excluding hydrogens is 290 g/mol. The molecule has 0 aliphatic carbocycles.